The molecule has 1 atom stereocenters. The topological polar surface area (TPSA) is 74.7 Å². The molecule has 0 spiro atoms. The number of halogens is 4. The SMILES string of the molecule is CC1(C(=O)O)CCN(S(=O)(=O)c2ccc(F)c(C(F)(F)F)c2)C1. The van der Waals surface area contributed by atoms with Crippen LogP contribution >= 0.6 is 0 Å². The van der Waals surface area contributed by atoms with Crippen molar-refractivity contribution in [1.82, 2.24) is 4.31 Å². The zero-order valence-corrected chi connectivity index (χ0v) is 12.7. The first-order valence-corrected chi connectivity index (χ1v) is 7.92. The van der Waals surface area contributed by atoms with Gasteiger partial charge in [0.25, 0.3) is 0 Å². The lowest BCUT2D eigenvalue weighted by molar-refractivity contribution is -0.147. The number of rotatable bonds is 3. The Morgan fingerprint density at radius 3 is 2.43 bits per heavy atom. The Kier molecular flexibility index (Phi) is 4.18. The van der Waals surface area contributed by atoms with Crippen molar-refractivity contribution >= 4 is 16.0 Å². The number of aliphatic carboxylic acids is 1. The van der Waals surface area contributed by atoms with E-state index in [2.05, 4.69) is 0 Å². The molecule has 128 valence electrons. The Labute approximate surface area is 129 Å². The summed E-state index contributed by atoms with van der Waals surface area (Å²) in [5.74, 6) is -2.77. The van der Waals surface area contributed by atoms with Crippen LogP contribution in [-0.4, -0.2) is 36.9 Å². The van der Waals surface area contributed by atoms with Gasteiger partial charge in [0.1, 0.15) is 5.82 Å². The molecule has 0 aromatic heterocycles. The molecule has 0 saturated carbocycles. The van der Waals surface area contributed by atoms with Gasteiger partial charge in [0, 0.05) is 13.1 Å². The molecule has 1 heterocycles. The van der Waals surface area contributed by atoms with Crippen molar-refractivity contribution in [2.45, 2.75) is 24.4 Å². The van der Waals surface area contributed by atoms with E-state index in [-0.39, 0.29) is 25.6 Å². The van der Waals surface area contributed by atoms with E-state index in [0.717, 1.165) is 10.4 Å². The third-order valence-electron chi connectivity index (χ3n) is 3.84. The quantitative estimate of drug-likeness (QED) is 0.845. The summed E-state index contributed by atoms with van der Waals surface area (Å²) in [6.45, 7) is 0.865. The Morgan fingerprint density at radius 2 is 1.96 bits per heavy atom. The fourth-order valence-corrected chi connectivity index (χ4v) is 3.92. The molecule has 1 saturated heterocycles. The lowest BCUT2D eigenvalue weighted by Crippen LogP contribution is -2.35. The summed E-state index contributed by atoms with van der Waals surface area (Å²) in [6, 6.07) is 1.39. The summed E-state index contributed by atoms with van der Waals surface area (Å²) < 4.78 is 76.9. The number of hydrogen-bond acceptors (Lipinski definition) is 3. The molecule has 1 aromatic carbocycles. The molecule has 10 heteroatoms. The molecule has 23 heavy (non-hydrogen) atoms. The molecule has 1 aliphatic rings. The summed E-state index contributed by atoms with van der Waals surface area (Å²) in [4.78, 5) is 10.4. The number of hydrogen-bond donors (Lipinski definition) is 1. The van der Waals surface area contributed by atoms with Gasteiger partial charge < -0.3 is 5.11 Å². The third-order valence-corrected chi connectivity index (χ3v) is 5.68. The standard InChI is InChI=1S/C13H13F4NO4S/c1-12(11(19)20)4-5-18(7-12)23(21,22)8-2-3-10(14)9(6-8)13(15,16)17/h2-3,6H,4-5,7H2,1H3,(H,19,20). The first-order chi connectivity index (χ1) is 10.4. The van der Waals surface area contributed by atoms with E-state index in [1.54, 1.807) is 0 Å². The minimum Gasteiger partial charge on any atom is -0.481 e. The molecule has 2 rings (SSSR count). The minimum absolute atomic E-state index is 0.0366. The molecule has 5 nitrogen and oxygen atoms in total. The van der Waals surface area contributed by atoms with E-state index in [1.807, 2.05) is 0 Å². The van der Waals surface area contributed by atoms with Gasteiger partial charge in [0.05, 0.1) is 15.9 Å². The molecule has 0 amide bonds. The van der Waals surface area contributed by atoms with E-state index < -0.39 is 43.9 Å². The van der Waals surface area contributed by atoms with Gasteiger partial charge in [-0.15, -0.1) is 0 Å². The number of carboxylic acid groups (broad SMARTS) is 1. The highest BCUT2D eigenvalue weighted by molar-refractivity contribution is 7.89. The zero-order chi connectivity index (χ0) is 17.6. The second-order valence-corrected chi connectivity index (χ2v) is 7.53. The predicted molar refractivity (Wildman–Crippen MR) is 70.5 cm³/mol. The van der Waals surface area contributed by atoms with E-state index in [0.29, 0.717) is 6.07 Å². The summed E-state index contributed by atoms with van der Waals surface area (Å²) in [5, 5.41) is 9.09. The second-order valence-electron chi connectivity index (χ2n) is 5.59. The monoisotopic (exact) mass is 355 g/mol. The van der Waals surface area contributed by atoms with Gasteiger partial charge in [-0.2, -0.15) is 17.5 Å². The van der Waals surface area contributed by atoms with Gasteiger partial charge in [0.15, 0.2) is 0 Å². The van der Waals surface area contributed by atoms with Crippen molar-refractivity contribution in [3.05, 3.63) is 29.6 Å². The summed E-state index contributed by atoms with van der Waals surface area (Å²) in [6.07, 6.45) is -4.99. The van der Waals surface area contributed by atoms with E-state index in [9.17, 15) is 30.8 Å². The summed E-state index contributed by atoms with van der Waals surface area (Å²) in [5.41, 5.74) is -2.99. The first-order valence-electron chi connectivity index (χ1n) is 6.48. The average Bonchev–Trinajstić information content (AvgIpc) is 2.82. The van der Waals surface area contributed by atoms with Crippen LogP contribution in [0.1, 0.15) is 18.9 Å². The number of sulfonamides is 1. The lowest BCUT2D eigenvalue weighted by atomic mass is 9.90. The first kappa shape index (κ1) is 17.7. The van der Waals surface area contributed by atoms with Crippen LogP contribution in [0.5, 0.6) is 0 Å². The highest BCUT2D eigenvalue weighted by Gasteiger charge is 2.45. The molecule has 1 aromatic rings. The maximum atomic E-state index is 13.3. The Bertz CT molecular complexity index is 747. The van der Waals surface area contributed by atoms with Crippen LogP contribution in [0.2, 0.25) is 0 Å². The normalized spacial score (nSPS) is 23.2. The smallest absolute Gasteiger partial charge is 0.419 e. The number of alkyl halides is 3. The molecule has 1 N–H and O–H groups in total. The van der Waals surface area contributed by atoms with Crippen LogP contribution in [-0.2, 0) is 21.0 Å². The van der Waals surface area contributed by atoms with Crippen LogP contribution in [0.4, 0.5) is 17.6 Å². The van der Waals surface area contributed by atoms with Crippen LogP contribution in [0.25, 0.3) is 0 Å². The van der Waals surface area contributed by atoms with Crippen LogP contribution in [0, 0.1) is 11.2 Å². The summed E-state index contributed by atoms with van der Waals surface area (Å²) >= 11 is 0. The van der Waals surface area contributed by atoms with Crippen molar-refractivity contribution < 1.29 is 35.9 Å². The zero-order valence-electron chi connectivity index (χ0n) is 11.9. The van der Waals surface area contributed by atoms with Gasteiger partial charge in [0.2, 0.25) is 10.0 Å². The molecule has 1 unspecified atom stereocenters. The van der Waals surface area contributed by atoms with Crippen molar-refractivity contribution in [2.24, 2.45) is 5.41 Å². The van der Waals surface area contributed by atoms with Gasteiger partial charge in [-0.3, -0.25) is 4.79 Å². The molecule has 1 fully saturated rings. The van der Waals surface area contributed by atoms with Crippen molar-refractivity contribution in [1.29, 1.82) is 0 Å². The average molecular weight is 355 g/mol. The third kappa shape index (κ3) is 3.18. The van der Waals surface area contributed by atoms with Crippen LogP contribution in [0.3, 0.4) is 0 Å². The van der Waals surface area contributed by atoms with E-state index in [4.69, 9.17) is 5.11 Å². The van der Waals surface area contributed by atoms with Crippen molar-refractivity contribution in [2.75, 3.05) is 13.1 Å². The Hall–Kier alpha value is -1.68. The molecule has 0 aliphatic carbocycles. The largest absolute Gasteiger partial charge is 0.481 e. The van der Waals surface area contributed by atoms with Gasteiger partial charge >= 0.3 is 12.1 Å². The number of benzene rings is 1. The number of carbonyl (C=O) groups is 1. The van der Waals surface area contributed by atoms with Crippen LogP contribution in [0.15, 0.2) is 23.1 Å². The predicted octanol–water partition coefficient (Wildman–Crippen LogP) is 2.33. The maximum Gasteiger partial charge on any atom is 0.419 e. The molecule has 1 aliphatic heterocycles. The second kappa shape index (κ2) is 5.45. The molecular weight excluding hydrogens is 342 g/mol. The Balaban J connectivity index is 2.41. The lowest BCUT2D eigenvalue weighted by Gasteiger charge is -2.20. The summed E-state index contributed by atoms with van der Waals surface area (Å²) in [7, 11) is -4.34. The van der Waals surface area contributed by atoms with Crippen molar-refractivity contribution in [3.8, 4) is 0 Å². The minimum atomic E-state index is -5.03. The van der Waals surface area contributed by atoms with Crippen molar-refractivity contribution in [3.63, 3.8) is 0 Å². The van der Waals surface area contributed by atoms with Crippen LogP contribution < -0.4 is 0 Å². The van der Waals surface area contributed by atoms with E-state index in [1.165, 1.54) is 6.92 Å². The number of carboxylic acids is 1. The highest BCUT2D eigenvalue weighted by atomic mass is 32.2. The van der Waals surface area contributed by atoms with Gasteiger partial charge in [-0.1, -0.05) is 0 Å². The van der Waals surface area contributed by atoms with E-state index >= 15 is 0 Å². The maximum absolute atomic E-state index is 13.3. The number of nitrogens with zero attached hydrogens (tertiary/aromatic N) is 1. The molecule has 0 bridgehead atoms. The van der Waals surface area contributed by atoms with Gasteiger partial charge in [-0.05, 0) is 31.5 Å². The Morgan fingerprint density at radius 1 is 1.35 bits per heavy atom. The highest BCUT2D eigenvalue weighted by Crippen LogP contribution is 2.36. The van der Waals surface area contributed by atoms with Gasteiger partial charge in [-0.25, -0.2) is 12.8 Å². The fraction of sp³-hybridized carbons (Fsp3) is 0.462. The molecular formula is C13H13F4NO4S. The fourth-order valence-electron chi connectivity index (χ4n) is 2.33. The molecule has 0 radical (unpaired) electrons.